The summed E-state index contributed by atoms with van der Waals surface area (Å²) in [6.07, 6.45) is 1.65. The van der Waals surface area contributed by atoms with Crippen molar-refractivity contribution >= 4 is 5.91 Å². The van der Waals surface area contributed by atoms with Gasteiger partial charge in [0.25, 0.3) is 0 Å². The SMILES string of the molecule is CC1CN(C(=O)CCC(C)(C)N)CCC1O. The van der Waals surface area contributed by atoms with E-state index >= 15 is 0 Å². The first kappa shape index (κ1) is 13.5. The molecule has 0 aliphatic carbocycles. The third kappa shape index (κ3) is 4.10. The van der Waals surface area contributed by atoms with Gasteiger partial charge in [-0.25, -0.2) is 0 Å². The fraction of sp³-hybridized carbons (Fsp3) is 0.917. The second-order valence-corrected chi connectivity index (χ2v) is 5.66. The van der Waals surface area contributed by atoms with Crippen molar-refractivity contribution in [2.24, 2.45) is 11.7 Å². The molecule has 1 aliphatic rings. The van der Waals surface area contributed by atoms with Crippen LogP contribution in [0.5, 0.6) is 0 Å². The first-order valence-corrected chi connectivity index (χ1v) is 6.04. The molecule has 1 saturated heterocycles. The van der Waals surface area contributed by atoms with Gasteiger partial charge in [0.15, 0.2) is 0 Å². The van der Waals surface area contributed by atoms with Gasteiger partial charge in [-0.2, -0.15) is 0 Å². The van der Waals surface area contributed by atoms with Crippen LogP contribution in [0.4, 0.5) is 0 Å². The van der Waals surface area contributed by atoms with Gasteiger partial charge in [0, 0.05) is 25.0 Å². The summed E-state index contributed by atoms with van der Waals surface area (Å²) >= 11 is 0. The van der Waals surface area contributed by atoms with Crippen LogP contribution >= 0.6 is 0 Å². The third-order valence-corrected chi connectivity index (χ3v) is 3.20. The van der Waals surface area contributed by atoms with Crippen molar-refractivity contribution in [3.8, 4) is 0 Å². The number of likely N-dealkylation sites (tertiary alicyclic amines) is 1. The van der Waals surface area contributed by atoms with Gasteiger partial charge in [0.1, 0.15) is 0 Å². The summed E-state index contributed by atoms with van der Waals surface area (Å²) in [5.74, 6) is 0.348. The molecular weight excluding hydrogens is 204 g/mol. The molecule has 0 spiro atoms. The fourth-order valence-electron chi connectivity index (χ4n) is 1.95. The average Bonchev–Trinajstić information content (AvgIpc) is 2.17. The molecule has 94 valence electrons. The highest BCUT2D eigenvalue weighted by atomic mass is 16.3. The summed E-state index contributed by atoms with van der Waals surface area (Å²) in [7, 11) is 0. The van der Waals surface area contributed by atoms with E-state index in [0.29, 0.717) is 32.4 Å². The zero-order chi connectivity index (χ0) is 12.3. The Bertz CT molecular complexity index is 248. The summed E-state index contributed by atoms with van der Waals surface area (Å²) in [6, 6.07) is 0. The van der Waals surface area contributed by atoms with Crippen molar-refractivity contribution in [1.29, 1.82) is 0 Å². The van der Waals surface area contributed by atoms with Gasteiger partial charge < -0.3 is 15.7 Å². The first-order chi connectivity index (χ1) is 7.29. The summed E-state index contributed by atoms with van der Waals surface area (Å²) in [5.41, 5.74) is 5.57. The number of amides is 1. The maximum atomic E-state index is 11.9. The second-order valence-electron chi connectivity index (χ2n) is 5.66. The van der Waals surface area contributed by atoms with Crippen molar-refractivity contribution < 1.29 is 9.90 Å². The van der Waals surface area contributed by atoms with Crippen molar-refractivity contribution in [3.05, 3.63) is 0 Å². The molecule has 1 fully saturated rings. The van der Waals surface area contributed by atoms with Crippen LogP contribution in [0.2, 0.25) is 0 Å². The second kappa shape index (κ2) is 5.15. The number of nitrogens with zero attached hydrogens (tertiary/aromatic N) is 1. The van der Waals surface area contributed by atoms with Gasteiger partial charge in [-0.1, -0.05) is 6.92 Å². The quantitative estimate of drug-likeness (QED) is 0.748. The molecule has 0 aromatic rings. The Hall–Kier alpha value is -0.610. The van der Waals surface area contributed by atoms with E-state index in [4.69, 9.17) is 5.73 Å². The number of nitrogens with two attached hydrogens (primary N) is 1. The highest BCUT2D eigenvalue weighted by molar-refractivity contribution is 5.76. The van der Waals surface area contributed by atoms with Gasteiger partial charge in [0.2, 0.25) is 5.91 Å². The molecule has 0 aromatic carbocycles. The van der Waals surface area contributed by atoms with E-state index in [9.17, 15) is 9.90 Å². The Kier molecular flexibility index (Phi) is 4.33. The van der Waals surface area contributed by atoms with E-state index in [1.54, 1.807) is 0 Å². The monoisotopic (exact) mass is 228 g/mol. The Morgan fingerprint density at radius 2 is 2.19 bits per heavy atom. The number of aliphatic hydroxyl groups is 1. The minimum atomic E-state index is -0.281. The molecule has 16 heavy (non-hydrogen) atoms. The van der Waals surface area contributed by atoms with Crippen molar-refractivity contribution in [3.63, 3.8) is 0 Å². The van der Waals surface area contributed by atoms with Gasteiger partial charge in [0.05, 0.1) is 6.10 Å². The van der Waals surface area contributed by atoms with Crippen LogP contribution in [-0.4, -0.2) is 40.6 Å². The predicted molar refractivity (Wildman–Crippen MR) is 63.9 cm³/mol. The standard InChI is InChI=1S/C12H24N2O2/c1-9-8-14(7-5-10(9)15)11(16)4-6-12(2,3)13/h9-10,15H,4-8,13H2,1-3H3. The van der Waals surface area contributed by atoms with Crippen LogP contribution in [0.15, 0.2) is 0 Å². The molecular formula is C12H24N2O2. The number of hydrogen-bond acceptors (Lipinski definition) is 3. The molecule has 0 bridgehead atoms. The van der Waals surface area contributed by atoms with Gasteiger partial charge in [-0.3, -0.25) is 4.79 Å². The Morgan fingerprint density at radius 3 is 2.69 bits per heavy atom. The van der Waals surface area contributed by atoms with E-state index in [1.165, 1.54) is 0 Å². The molecule has 1 amide bonds. The number of carbonyl (C=O) groups excluding carboxylic acids is 1. The fourth-order valence-corrected chi connectivity index (χ4v) is 1.95. The van der Waals surface area contributed by atoms with Crippen LogP contribution in [0.3, 0.4) is 0 Å². The Morgan fingerprint density at radius 1 is 1.56 bits per heavy atom. The molecule has 0 aromatic heterocycles. The maximum Gasteiger partial charge on any atom is 0.222 e. The minimum absolute atomic E-state index is 0.164. The topological polar surface area (TPSA) is 66.6 Å². The minimum Gasteiger partial charge on any atom is -0.393 e. The lowest BCUT2D eigenvalue weighted by atomic mass is 9.95. The average molecular weight is 228 g/mol. The molecule has 2 unspecified atom stereocenters. The highest BCUT2D eigenvalue weighted by Gasteiger charge is 2.27. The van der Waals surface area contributed by atoms with Crippen LogP contribution in [0.25, 0.3) is 0 Å². The van der Waals surface area contributed by atoms with E-state index in [0.717, 1.165) is 0 Å². The van der Waals surface area contributed by atoms with E-state index in [1.807, 2.05) is 25.7 Å². The largest absolute Gasteiger partial charge is 0.393 e. The Labute approximate surface area is 97.8 Å². The molecule has 0 radical (unpaired) electrons. The zero-order valence-corrected chi connectivity index (χ0v) is 10.6. The van der Waals surface area contributed by atoms with Crippen molar-refractivity contribution in [2.45, 2.75) is 51.7 Å². The maximum absolute atomic E-state index is 11.9. The number of rotatable bonds is 3. The number of hydrogen-bond donors (Lipinski definition) is 2. The molecule has 1 rings (SSSR count). The molecule has 4 heteroatoms. The first-order valence-electron chi connectivity index (χ1n) is 6.04. The lowest BCUT2D eigenvalue weighted by Crippen LogP contribution is -2.45. The highest BCUT2D eigenvalue weighted by Crippen LogP contribution is 2.18. The summed E-state index contributed by atoms with van der Waals surface area (Å²) in [6.45, 7) is 7.20. The predicted octanol–water partition coefficient (Wildman–Crippen LogP) is 0.733. The lowest BCUT2D eigenvalue weighted by molar-refractivity contribution is -0.135. The smallest absolute Gasteiger partial charge is 0.222 e. The molecule has 0 saturated carbocycles. The van der Waals surface area contributed by atoms with Crippen LogP contribution < -0.4 is 5.73 Å². The van der Waals surface area contributed by atoms with Gasteiger partial charge in [-0.15, -0.1) is 0 Å². The number of aliphatic hydroxyl groups excluding tert-OH is 1. The summed E-state index contributed by atoms with van der Waals surface area (Å²) in [5, 5.41) is 9.58. The van der Waals surface area contributed by atoms with Crippen LogP contribution in [0.1, 0.15) is 40.0 Å². The Balaban J connectivity index is 2.38. The zero-order valence-electron chi connectivity index (χ0n) is 10.6. The number of carbonyl (C=O) groups is 1. The van der Waals surface area contributed by atoms with E-state index in [-0.39, 0.29) is 23.5 Å². The lowest BCUT2D eigenvalue weighted by Gasteiger charge is -2.35. The number of piperidine rings is 1. The molecule has 3 N–H and O–H groups in total. The van der Waals surface area contributed by atoms with Crippen LogP contribution in [-0.2, 0) is 4.79 Å². The molecule has 2 atom stereocenters. The van der Waals surface area contributed by atoms with Gasteiger partial charge in [-0.05, 0) is 32.6 Å². The van der Waals surface area contributed by atoms with Crippen LogP contribution in [0, 0.1) is 5.92 Å². The van der Waals surface area contributed by atoms with E-state index < -0.39 is 0 Å². The summed E-state index contributed by atoms with van der Waals surface area (Å²) in [4.78, 5) is 13.7. The van der Waals surface area contributed by atoms with E-state index in [2.05, 4.69) is 0 Å². The molecule has 1 heterocycles. The van der Waals surface area contributed by atoms with Gasteiger partial charge >= 0.3 is 0 Å². The summed E-state index contributed by atoms with van der Waals surface area (Å²) < 4.78 is 0. The molecule has 4 nitrogen and oxygen atoms in total. The normalized spacial score (nSPS) is 26.9. The molecule has 1 aliphatic heterocycles. The van der Waals surface area contributed by atoms with Crippen molar-refractivity contribution in [2.75, 3.05) is 13.1 Å². The van der Waals surface area contributed by atoms with Crippen molar-refractivity contribution in [1.82, 2.24) is 4.90 Å². The third-order valence-electron chi connectivity index (χ3n) is 3.20.